The first-order chi connectivity index (χ1) is 14.5. The van der Waals surface area contributed by atoms with Gasteiger partial charge in [-0.2, -0.15) is 0 Å². The molecule has 1 saturated heterocycles. The Kier molecular flexibility index (Phi) is 7.46. The molecule has 1 aromatic heterocycles. The van der Waals surface area contributed by atoms with Gasteiger partial charge in [-0.25, -0.2) is 4.79 Å². The number of benzene rings is 1. The lowest BCUT2D eigenvalue weighted by molar-refractivity contribution is -0.119. The summed E-state index contributed by atoms with van der Waals surface area (Å²) >= 11 is 0. The van der Waals surface area contributed by atoms with Crippen molar-refractivity contribution in [3.63, 3.8) is 0 Å². The van der Waals surface area contributed by atoms with Gasteiger partial charge in [-0.3, -0.25) is 24.0 Å². The SMILES string of the molecule is CCN(C(=O)CN1CCCCCCC1)c1c(N)n(Cc2ccccc2)c(=O)[nH]c1=O. The Morgan fingerprint density at radius 2 is 1.70 bits per heavy atom. The molecule has 0 bridgehead atoms. The molecule has 1 aliphatic rings. The van der Waals surface area contributed by atoms with E-state index < -0.39 is 11.2 Å². The van der Waals surface area contributed by atoms with Crippen LogP contribution >= 0.6 is 0 Å². The molecule has 8 heteroatoms. The van der Waals surface area contributed by atoms with Crippen molar-refractivity contribution in [3.8, 4) is 0 Å². The van der Waals surface area contributed by atoms with Gasteiger partial charge in [-0.15, -0.1) is 0 Å². The summed E-state index contributed by atoms with van der Waals surface area (Å²) in [5.74, 6) is -0.171. The lowest BCUT2D eigenvalue weighted by atomic mass is 10.1. The number of amides is 1. The van der Waals surface area contributed by atoms with Crippen LogP contribution < -0.4 is 21.9 Å². The monoisotopic (exact) mass is 413 g/mol. The number of likely N-dealkylation sites (tertiary alicyclic amines) is 1. The molecular weight excluding hydrogens is 382 g/mol. The van der Waals surface area contributed by atoms with Gasteiger partial charge < -0.3 is 10.6 Å². The van der Waals surface area contributed by atoms with E-state index in [4.69, 9.17) is 5.73 Å². The molecule has 2 heterocycles. The molecule has 3 N–H and O–H groups in total. The van der Waals surface area contributed by atoms with Crippen molar-refractivity contribution >= 4 is 17.4 Å². The predicted octanol–water partition coefficient (Wildman–Crippen LogP) is 1.79. The standard InChI is InChI=1S/C22H31N5O3/c1-2-26(18(28)16-25-13-9-4-3-5-10-14-25)19-20(23)27(22(30)24-21(19)29)15-17-11-7-6-8-12-17/h6-8,11-12H,2-5,9-10,13-16,23H2,1H3,(H,24,29,30). The van der Waals surface area contributed by atoms with Gasteiger partial charge in [0.05, 0.1) is 13.1 Å². The number of nitrogens with two attached hydrogens (primary N) is 1. The molecule has 8 nitrogen and oxygen atoms in total. The largest absolute Gasteiger partial charge is 0.383 e. The Balaban J connectivity index is 1.87. The third-order valence-electron chi connectivity index (χ3n) is 5.59. The summed E-state index contributed by atoms with van der Waals surface area (Å²) in [6.45, 7) is 4.31. The van der Waals surface area contributed by atoms with Gasteiger partial charge in [-0.05, 0) is 38.4 Å². The molecule has 0 aliphatic carbocycles. The summed E-state index contributed by atoms with van der Waals surface area (Å²) in [7, 11) is 0. The molecule has 0 unspecified atom stereocenters. The van der Waals surface area contributed by atoms with Crippen LogP contribution in [-0.2, 0) is 11.3 Å². The fraction of sp³-hybridized carbons (Fsp3) is 0.500. The van der Waals surface area contributed by atoms with Crippen molar-refractivity contribution < 1.29 is 4.79 Å². The maximum atomic E-state index is 13.1. The first kappa shape index (κ1) is 21.8. The quantitative estimate of drug-likeness (QED) is 0.751. The summed E-state index contributed by atoms with van der Waals surface area (Å²) in [6, 6.07) is 9.38. The highest BCUT2D eigenvalue weighted by Crippen LogP contribution is 2.19. The number of nitrogens with one attached hydrogen (secondary N) is 1. The van der Waals surface area contributed by atoms with Crippen molar-refractivity contribution in [2.24, 2.45) is 0 Å². The predicted molar refractivity (Wildman–Crippen MR) is 119 cm³/mol. The molecular formula is C22H31N5O3. The first-order valence-electron chi connectivity index (χ1n) is 10.7. The molecule has 2 aromatic rings. The van der Waals surface area contributed by atoms with E-state index in [1.165, 1.54) is 28.7 Å². The molecule has 3 rings (SSSR count). The zero-order chi connectivity index (χ0) is 21.5. The van der Waals surface area contributed by atoms with E-state index in [0.717, 1.165) is 31.5 Å². The lowest BCUT2D eigenvalue weighted by Gasteiger charge is -2.28. The minimum Gasteiger partial charge on any atom is -0.383 e. The highest BCUT2D eigenvalue weighted by Gasteiger charge is 2.24. The Morgan fingerprint density at radius 3 is 2.33 bits per heavy atom. The summed E-state index contributed by atoms with van der Waals surface area (Å²) in [5, 5.41) is 0. The van der Waals surface area contributed by atoms with Crippen LogP contribution in [0.5, 0.6) is 0 Å². The molecule has 1 aromatic carbocycles. The molecule has 0 spiro atoms. The Labute approximate surface area is 176 Å². The van der Waals surface area contributed by atoms with Crippen LogP contribution in [0.3, 0.4) is 0 Å². The number of likely N-dealkylation sites (N-methyl/N-ethyl adjacent to an activating group) is 1. The molecule has 162 valence electrons. The fourth-order valence-electron chi connectivity index (χ4n) is 3.97. The molecule has 0 radical (unpaired) electrons. The van der Waals surface area contributed by atoms with E-state index in [-0.39, 0.29) is 30.5 Å². The van der Waals surface area contributed by atoms with Crippen LogP contribution in [-0.4, -0.2) is 46.5 Å². The van der Waals surface area contributed by atoms with Crippen LogP contribution in [0.25, 0.3) is 0 Å². The van der Waals surface area contributed by atoms with E-state index in [1.807, 2.05) is 30.3 Å². The molecule has 0 atom stereocenters. The van der Waals surface area contributed by atoms with Crippen LogP contribution in [0.2, 0.25) is 0 Å². The van der Waals surface area contributed by atoms with Crippen molar-refractivity contribution in [1.82, 2.24) is 14.5 Å². The van der Waals surface area contributed by atoms with E-state index >= 15 is 0 Å². The average Bonchev–Trinajstić information content (AvgIpc) is 2.71. The van der Waals surface area contributed by atoms with Gasteiger partial charge in [0.1, 0.15) is 5.82 Å². The number of nitrogen functional groups attached to an aromatic ring is 1. The number of aromatic amines is 1. The summed E-state index contributed by atoms with van der Waals surface area (Å²) in [5.41, 5.74) is 5.96. The van der Waals surface area contributed by atoms with Crippen molar-refractivity contribution in [2.45, 2.75) is 45.6 Å². The zero-order valence-electron chi connectivity index (χ0n) is 17.6. The minimum atomic E-state index is -0.635. The van der Waals surface area contributed by atoms with Crippen LogP contribution in [0.4, 0.5) is 11.5 Å². The van der Waals surface area contributed by atoms with Gasteiger partial charge in [-0.1, -0.05) is 49.6 Å². The zero-order valence-corrected chi connectivity index (χ0v) is 17.6. The van der Waals surface area contributed by atoms with Crippen molar-refractivity contribution in [3.05, 3.63) is 56.7 Å². The maximum Gasteiger partial charge on any atom is 0.330 e. The van der Waals surface area contributed by atoms with Gasteiger partial charge in [0.2, 0.25) is 5.91 Å². The Bertz CT molecular complexity index is 959. The number of rotatable bonds is 6. The third kappa shape index (κ3) is 5.18. The fourth-order valence-corrected chi connectivity index (χ4v) is 3.97. The van der Waals surface area contributed by atoms with Gasteiger partial charge in [0.25, 0.3) is 5.56 Å². The second-order valence-corrected chi connectivity index (χ2v) is 7.75. The van der Waals surface area contributed by atoms with Gasteiger partial charge >= 0.3 is 5.69 Å². The second-order valence-electron chi connectivity index (χ2n) is 7.75. The molecule has 1 amide bonds. The number of anilines is 2. The number of carbonyl (C=O) groups is 1. The van der Waals surface area contributed by atoms with Crippen LogP contribution in [0, 0.1) is 0 Å². The molecule has 1 fully saturated rings. The van der Waals surface area contributed by atoms with E-state index in [0.29, 0.717) is 6.54 Å². The normalized spacial score (nSPS) is 15.4. The van der Waals surface area contributed by atoms with Crippen molar-refractivity contribution in [2.75, 3.05) is 36.8 Å². The molecule has 1 aliphatic heterocycles. The van der Waals surface area contributed by atoms with Crippen LogP contribution in [0.1, 0.15) is 44.6 Å². The number of aromatic nitrogens is 2. The average molecular weight is 414 g/mol. The highest BCUT2D eigenvalue weighted by molar-refractivity contribution is 5.96. The van der Waals surface area contributed by atoms with Crippen LogP contribution in [0.15, 0.2) is 39.9 Å². The Hall–Kier alpha value is -2.87. The van der Waals surface area contributed by atoms with E-state index in [1.54, 1.807) is 6.92 Å². The number of carbonyl (C=O) groups excluding carboxylic acids is 1. The Morgan fingerprint density at radius 1 is 1.07 bits per heavy atom. The van der Waals surface area contributed by atoms with E-state index in [9.17, 15) is 14.4 Å². The van der Waals surface area contributed by atoms with E-state index in [2.05, 4.69) is 9.88 Å². The number of hydrogen-bond donors (Lipinski definition) is 2. The topological polar surface area (TPSA) is 104 Å². The maximum absolute atomic E-state index is 13.1. The first-order valence-corrected chi connectivity index (χ1v) is 10.7. The summed E-state index contributed by atoms with van der Waals surface area (Å²) < 4.78 is 1.30. The van der Waals surface area contributed by atoms with Gasteiger partial charge in [0.15, 0.2) is 5.69 Å². The molecule has 30 heavy (non-hydrogen) atoms. The highest BCUT2D eigenvalue weighted by atomic mass is 16.2. The number of H-pyrrole nitrogens is 1. The smallest absolute Gasteiger partial charge is 0.330 e. The minimum absolute atomic E-state index is 0.00969. The molecule has 0 saturated carbocycles. The number of nitrogens with zero attached hydrogens (tertiary/aromatic N) is 3. The third-order valence-corrected chi connectivity index (χ3v) is 5.59. The second kappa shape index (κ2) is 10.2. The summed E-state index contributed by atoms with van der Waals surface area (Å²) in [6.07, 6.45) is 5.75. The summed E-state index contributed by atoms with van der Waals surface area (Å²) in [4.78, 5) is 44.0. The lowest BCUT2D eigenvalue weighted by Crippen LogP contribution is -2.45. The van der Waals surface area contributed by atoms with Crippen molar-refractivity contribution in [1.29, 1.82) is 0 Å². The van der Waals surface area contributed by atoms with Gasteiger partial charge in [0, 0.05) is 6.54 Å². The number of hydrogen-bond acceptors (Lipinski definition) is 5.